The van der Waals surface area contributed by atoms with Crippen LogP contribution in [-0.4, -0.2) is 141 Å². The van der Waals surface area contributed by atoms with Crippen LogP contribution in [0.3, 0.4) is 0 Å². The van der Waals surface area contributed by atoms with Gasteiger partial charge in [-0.3, -0.25) is 13.9 Å². The van der Waals surface area contributed by atoms with Crippen LogP contribution in [0, 0.1) is 0 Å². The lowest BCUT2D eigenvalue weighted by Gasteiger charge is -2.26. The van der Waals surface area contributed by atoms with E-state index >= 15 is 0 Å². The molecule has 0 aliphatic carbocycles. The highest BCUT2D eigenvalue weighted by molar-refractivity contribution is 6.15. The fourth-order valence-electron chi connectivity index (χ4n) is 9.53. The highest BCUT2D eigenvalue weighted by atomic mass is 19.4. The Kier molecular flexibility index (Phi) is 11.8. The van der Waals surface area contributed by atoms with Crippen molar-refractivity contribution in [1.82, 2.24) is 39.0 Å². The predicted molar refractivity (Wildman–Crippen MR) is 229 cm³/mol. The van der Waals surface area contributed by atoms with Crippen LogP contribution in [0.1, 0.15) is 65.2 Å². The van der Waals surface area contributed by atoms with E-state index in [9.17, 15) is 51.6 Å². The second-order valence-corrected chi connectivity index (χ2v) is 17.3. The molecule has 8 heterocycles. The van der Waals surface area contributed by atoms with Crippen molar-refractivity contribution in [3.8, 4) is 0 Å². The molecule has 68 heavy (non-hydrogen) atoms. The molecule has 0 radical (unpaired) electrons. The van der Waals surface area contributed by atoms with Gasteiger partial charge in [0.15, 0.2) is 52.2 Å². The molecule has 25 heteroatoms. The van der Waals surface area contributed by atoms with Crippen LogP contribution < -0.4 is 20.4 Å². The maximum Gasteiger partial charge on any atom is 0.416 e. The number of ketones is 1. The number of anilines is 4. The first-order valence-corrected chi connectivity index (χ1v) is 21.8. The molecular formula is C43H44F6N12O7. The van der Waals surface area contributed by atoms with Crippen LogP contribution in [0.15, 0.2) is 61.7 Å². The lowest BCUT2D eigenvalue weighted by molar-refractivity contribution is -0.138. The summed E-state index contributed by atoms with van der Waals surface area (Å²) in [6.07, 6.45) is -7.76. The second kappa shape index (κ2) is 17.7. The van der Waals surface area contributed by atoms with E-state index in [2.05, 4.69) is 40.5 Å². The van der Waals surface area contributed by atoms with Crippen molar-refractivity contribution in [3.05, 3.63) is 84.0 Å². The Morgan fingerprint density at radius 3 is 1.46 bits per heavy atom. The normalized spacial score (nSPS) is 25.6. The van der Waals surface area contributed by atoms with Gasteiger partial charge in [0.25, 0.3) is 0 Å². The summed E-state index contributed by atoms with van der Waals surface area (Å²) in [4.78, 5) is 44.1. The number of fused-ring (bicyclic) bond motifs is 2. The summed E-state index contributed by atoms with van der Waals surface area (Å²) in [6.45, 7) is 0.00963. The molecule has 10 rings (SSSR count). The zero-order valence-electron chi connectivity index (χ0n) is 35.7. The number of imidazole rings is 2. The van der Waals surface area contributed by atoms with Crippen LogP contribution in [0.25, 0.3) is 22.3 Å². The maximum absolute atomic E-state index is 14.7. The van der Waals surface area contributed by atoms with Crippen LogP contribution in [0.2, 0.25) is 0 Å². The Labute approximate surface area is 381 Å². The van der Waals surface area contributed by atoms with Crippen LogP contribution in [0.5, 0.6) is 0 Å². The average molecular weight is 955 g/mol. The van der Waals surface area contributed by atoms with Crippen LogP contribution in [0.4, 0.5) is 49.4 Å². The van der Waals surface area contributed by atoms with E-state index in [1.54, 1.807) is 9.80 Å². The molecule has 6 N–H and O–H groups in total. The van der Waals surface area contributed by atoms with Crippen LogP contribution in [-0.2, 0) is 21.8 Å². The Bertz CT molecular complexity index is 2660. The van der Waals surface area contributed by atoms with Crippen molar-refractivity contribution in [3.63, 3.8) is 0 Å². The number of nitrogens with one attached hydrogen (secondary N) is 2. The number of hydrogen-bond donors (Lipinski definition) is 6. The number of rotatable bonds is 12. The standard InChI is InChI=1S/C43H44F6N12O7/c44-42(45,46)21-1-3-27(29(9-21)58-7-5-23(13-58)56-36-33-38(52-17-50-36)60(19-54-33)40-31(64)11-25(15-62)67-40)35(66)28-4-2-22(43(47,48)49)10-30(28)59-8-6-24(14-59)57-37-34-39(53-18-51-37)61(20-55-34)41-32(65)12-26(16-63)68-41/h1-4,9-10,17-20,23-26,31-32,40-41,62-65H,5-8,11-16H2,(H,50,52,56)(H,51,53,57)/t23-,24-,25+,26+,31-,32-,40-,41-/m1/s1. The largest absolute Gasteiger partial charge is 0.416 e. The number of aromatic nitrogens is 8. The minimum Gasteiger partial charge on any atom is -0.394 e. The zero-order chi connectivity index (χ0) is 47.6. The number of halogens is 6. The number of benzene rings is 2. The van der Waals surface area contributed by atoms with Gasteiger partial charge in [0, 0.05) is 73.6 Å². The Hall–Kier alpha value is -6.25. The average Bonchev–Trinajstić information content (AvgIpc) is 4.19. The molecule has 4 aliphatic rings. The number of ether oxygens (including phenoxy) is 2. The predicted octanol–water partition coefficient (Wildman–Crippen LogP) is 3.90. The molecule has 4 aliphatic heterocycles. The van der Waals surface area contributed by atoms with Crippen molar-refractivity contribution in [2.24, 2.45) is 0 Å². The molecule has 0 spiro atoms. The number of alkyl halides is 6. The Balaban J connectivity index is 0.908. The van der Waals surface area contributed by atoms with Crippen molar-refractivity contribution in [2.45, 2.75) is 87.0 Å². The van der Waals surface area contributed by atoms with E-state index in [0.29, 0.717) is 46.8 Å². The highest BCUT2D eigenvalue weighted by Crippen LogP contribution is 2.41. The summed E-state index contributed by atoms with van der Waals surface area (Å²) in [5.41, 5.74) is -1.14. The van der Waals surface area contributed by atoms with E-state index in [0.717, 1.165) is 36.4 Å². The molecular weight excluding hydrogens is 911 g/mol. The fourth-order valence-corrected chi connectivity index (χ4v) is 9.53. The lowest BCUT2D eigenvalue weighted by Crippen LogP contribution is -2.29. The number of nitrogens with zero attached hydrogens (tertiary/aromatic N) is 10. The minimum atomic E-state index is -4.79. The van der Waals surface area contributed by atoms with Gasteiger partial charge in [0.05, 0.1) is 49.2 Å². The summed E-state index contributed by atoms with van der Waals surface area (Å²) < 4.78 is 100. The smallest absolute Gasteiger partial charge is 0.394 e. The number of aliphatic hydroxyl groups is 4. The van der Waals surface area contributed by atoms with Crippen molar-refractivity contribution in [2.75, 3.05) is 59.8 Å². The summed E-state index contributed by atoms with van der Waals surface area (Å²) in [5, 5.41) is 46.9. The second-order valence-electron chi connectivity index (χ2n) is 17.3. The van der Waals surface area contributed by atoms with Crippen molar-refractivity contribution >= 4 is 51.1 Å². The third-order valence-corrected chi connectivity index (χ3v) is 12.9. The zero-order valence-corrected chi connectivity index (χ0v) is 35.7. The first kappa shape index (κ1) is 45.5. The molecule has 0 amide bonds. The third-order valence-electron chi connectivity index (χ3n) is 12.9. The summed E-state index contributed by atoms with van der Waals surface area (Å²) in [6, 6.07) is 4.56. The maximum atomic E-state index is 14.7. The van der Waals surface area contributed by atoms with Gasteiger partial charge in [-0.2, -0.15) is 26.3 Å². The highest BCUT2D eigenvalue weighted by Gasteiger charge is 2.40. The van der Waals surface area contributed by atoms with Gasteiger partial charge in [0.1, 0.15) is 24.9 Å². The van der Waals surface area contributed by atoms with Gasteiger partial charge in [-0.1, -0.05) is 0 Å². The molecule has 0 bridgehead atoms. The summed E-state index contributed by atoms with van der Waals surface area (Å²) in [5.74, 6) is -0.181. The molecule has 8 atom stereocenters. The molecule has 360 valence electrons. The Morgan fingerprint density at radius 2 is 1.07 bits per heavy atom. The van der Waals surface area contributed by atoms with Gasteiger partial charge in [-0.15, -0.1) is 0 Å². The molecule has 4 saturated heterocycles. The van der Waals surface area contributed by atoms with E-state index in [4.69, 9.17) is 9.47 Å². The molecule has 4 fully saturated rings. The molecule has 0 saturated carbocycles. The van der Waals surface area contributed by atoms with Crippen molar-refractivity contribution < 1.29 is 61.0 Å². The molecule has 6 aromatic rings. The first-order valence-electron chi connectivity index (χ1n) is 21.8. The van der Waals surface area contributed by atoms with E-state index in [-0.39, 0.29) is 74.7 Å². The summed E-state index contributed by atoms with van der Waals surface area (Å²) in [7, 11) is 0. The van der Waals surface area contributed by atoms with Gasteiger partial charge in [-0.05, 0) is 49.2 Å². The first-order chi connectivity index (χ1) is 32.6. The van der Waals surface area contributed by atoms with Crippen LogP contribution >= 0.6 is 0 Å². The SMILES string of the molecule is O=C(c1ccc(C(F)(F)F)cc1N1CC[C@@H](Nc2ncnc3c2ncn3[C@@H]2O[C@H](CO)C[C@H]2O)C1)c1ccc(C(F)(F)F)cc1N1CC[C@@H](Nc2ncnc3c2ncn3[C@@H]2O[C@H](CO)C[C@H]2O)C1. The van der Waals surface area contributed by atoms with Gasteiger partial charge in [0.2, 0.25) is 0 Å². The molecule has 4 aromatic heterocycles. The van der Waals surface area contributed by atoms with Crippen molar-refractivity contribution in [1.29, 1.82) is 0 Å². The number of hydrogen-bond acceptors (Lipinski definition) is 17. The molecule has 2 aromatic carbocycles. The Morgan fingerprint density at radius 1 is 0.647 bits per heavy atom. The number of carbonyl (C=O) groups is 1. The number of aliphatic hydroxyl groups excluding tert-OH is 4. The minimum absolute atomic E-state index is 0.0570. The monoisotopic (exact) mass is 954 g/mol. The summed E-state index contributed by atoms with van der Waals surface area (Å²) >= 11 is 0. The topological polar surface area (TPSA) is 234 Å². The quantitative estimate of drug-likeness (QED) is 0.0754. The number of carbonyl (C=O) groups excluding carboxylic acids is 1. The fraction of sp³-hybridized carbons (Fsp3) is 0.465. The van der Waals surface area contributed by atoms with E-state index < -0.39 is 78.2 Å². The van der Waals surface area contributed by atoms with Gasteiger partial charge >= 0.3 is 12.4 Å². The van der Waals surface area contributed by atoms with Gasteiger partial charge in [-0.25, -0.2) is 29.9 Å². The lowest BCUT2D eigenvalue weighted by atomic mass is 9.96. The molecule has 0 unspecified atom stereocenters. The van der Waals surface area contributed by atoms with E-state index in [1.165, 1.54) is 34.4 Å². The third kappa shape index (κ3) is 8.50. The van der Waals surface area contributed by atoms with E-state index in [1.807, 2.05) is 0 Å². The molecule has 19 nitrogen and oxygen atoms in total. The van der Waals surface area contributed by atoms with Gasteiger partial charge < -0.3 is 50.3 Å².